The summed E-state index contributed by atoms with van der Waals surface area (Å²) < 4.78 is 6.15. The molecule has 0 atom stereocenters. The summed E-state index contributed by atoms with van der Waals surface area (Å²) in [6, 6.07) is 6.23. The summed E-state index contributed by atoms with van der Waals surface area (Å²) in [5.41, 5.74) is 5.83. The van der Waals surface area contributed by atoms with Crippen LogP contribution in [0.4, 0.5) is 5.00 Å². The Kier molecular flexibility index (Phi) is 4.32. The Balaban J connectivity index is 2.07. The summed E-state index contributed by atoms with van der Waals surface area (Å²) in [6.45, 7) is 7.78. The zero-order chi connectivity index (χ0) is 19.3. The molecule has 1 aliphatic heterocycles. The average Bonchev–Trinajstić information content (AvgIpc) is 2.84. The predicted octanol–water partition coefficient (Wildman–Crippen LogP) is 3.39. The number of phenolic OH excluding ortho intramolecular Hbond substituents is 1. The van der Waals surface area contributed by atoms with Crippen molar-refractivity contribution >= 4 is 28.2 Å². The number of hydrogen-bond donors (Lipinski definition) is 3. The maximum atomic E-state index is 12.6. The molecule has 2 amide bonds. The molecule has 7 heteroatoms. The van der Waals surface area contributed by atoms with Crippen molar-refractivity contribution in [2.75, 3.05) is 5.32 Å². The first-order valence-corrected chi connectivity index (χ1v) is 9.09. The summed E-state index contributed by atoms with van der Waals surface area (Å²) in [5, 5.41) is 13.0. The van der Waals surface area contributed by atoms with Crippen LogP contribution in [0.15, 0.2) is 24.3 Å². The molecule has 0 fully saturated rings. The average molecular weight is 374 g/mol. The van der Waals surface area contributed by atoms with Crippen molar-refractivity contribution < 1.29 is 19.4 Å². The molecule has 26 heavy (non-hydrogen) atoms. The van der Waals surface area contributed by atoms with Gasteiger partial charge in [0.2, 0.25) is 0 Å². The lowest BCUT2D eigenvalue weighted by Gasteiger charge is -2.41. The van der Waals surface area contributed by atoms with Crippen LogP contribution >= 0.6 is 11.3 Å². The van der Waals surface area contributed by atoms with Gasteiger partial charge in [-0.25, -0.2) is 0 Å². The number of carbonyl (C=O) groups is 2. The molecular formula is C19H22N2O4S. The third-order valence-corrected chi connectivity index (χ3v) is 5.76. The third-order valence-electron chi connectivity index (χ3n) is 4.31. The lowest BCUT2D eigenvalue weighted by molar-refractivity contribution is -0.135. The Morgan fingerprint density at radius 2 is 1.88 bits per heavy atom. The van der Waals surface area contributed by atoms with Crippen molar-refractivity contribution in [1.29, 1.82) is 0 Å². The van der Waals surface area contributed by atoms with E-state index in [9.17, 15) is 14.7 Å². The quantitative estimate of drug-likeness (QED) is 0.766. The van der Waals surface area contributed by atoms with E-state index in [1.165, 1.54) is 23.5 Å². The number of hydrogen-bond acceptors (Lipinski definition) is 5. The Labute approximate surface area is 156 Å². The number of nitrogens with one attached hydrogen (secondary N) is 1. The van der Waals surface area contributed by atoms with Crippen LogP contribution in [0.5, 0.6) is 5.75 Å². The van der Waals surface area contributed by atoms with Gasteiger partial charge >= 0.3 is 0 Å². The van der Waals surface area contributed by atoms with Crippen LogP contribution in [0.25, 0.3) is 0 Å². The van der Waals surface area contributed by atoms with Crippen LogP contribution in [0.3, 0.4) is 0 Å². The molecule has 0 saturated carbocycles. The zero-order valence-corrected chi connectivity index (χ0v) is 16.0. The van der Waals surface area contributed by atoms with E-state index in [2.05, 4.69) is 5.32 Å². The van der Waals surface area contributed by atoms with Gasteiger partial charge in [-0.1, -0.05) is 12.1 Å². The number of rotatable bonds is 3. The van der Waals surface area contributed by atoms with E-state index >= 15 is 0 Å². The fraction of sp³-hybridized carbons (Fsp3) is 0.368. The van der Waals surface area contributed by atoms with Crippen LogP contribution in [0.1, 0.15) is 58.9 Å². The van der Waals surface area contributed by atoms with Crippen LogP contribution in [0, 0.1) is 0 Å². The summed E-state index contributed by atoms with van der Waals surface area (Å²) >= 11 is 1.29. The number of benzene rings is 1. The molecule has 4 N–H and O–H groups in total. The highest BCUT2D eigenvalue weighted by molar-refractivity contribution is 7.17. The Bertz CT molecular complexity index is 899. The van der Waals surface area contributed by atoms with E-state index in [0.29, 0.717) is 17.0 Å². The molecule has 138 valence electrons. The number of primary amides is 1. The van der Waals surface area contributed by atoms with Gasteiger partial charge in [0.15, 0.2) is 0 Å². The van der Waals surface area contributed by atoms with Gasteiger partial charge in [-0.3, -0.25) is 9.59 Å². The highest BCUT2D eigenvalue weighted by atomic mass is 32.1. The van der Waals surface area contributed by atoms with E-state index in [1.807, 2.05) is 27.7 Å². The lowest BCUT2D eigenvalue weighted by Crippen LogP contribution is -2.42. The largest absolute Gasteiger partial charge is 0.507 e. The van der Waals surface area contributed by atoms with Gasteiger partial charge < -0.3 is 20.9 Å². The number of aromatic hydroxyl groups is 1. The highest BCUT2D eigenvalue weighted by Gasteiger charge is 2.42. The molecule has 1 aromatic heterocycles. The smallest absolute Gasteiger partial charge is 0.260 e. The number of nitrogens with two attached hydrogens (primary N) is 1. The van der Waals surface area contributed by atoms with Crippen molar-refractivity contribution in [1.82, 2.24) is 0 Å². The van der Waals surface area contributed by atoms with Crippen LogP contribution < -0.4 is 11.1 Å². The molecule has 0 radical (unpaired) electrons. The van der Waals surface area contributed by atoms with E-state index in [1.54, 1.807) is 12.1 Å². The molecule has 0 spiro atoms. The maximum Gasteiger partial charge on any atom is 0.260 e. The number of amides is 2. The molecule has 3 rings (SSSR count). The van der Waals surface area contributed by atoms with Crippen LogP contribution in [-0.4, -0.2) is 22.5 Å². The first-order chi connectivity index (χ1) is 12.0. The van der Waals surface area contributed by atoms with E-state index < -0.39 is 23.0 Å². The van der Waals surface area contributed by atoms with Gasteiger partial charge in [0.05, 0.1) is 22.3 Å². The molecule has 1 aliphatic rings. The van der Waals surface area contributed by atoms with E-state index in [0.717, 1.165) is 10.4 Å². The van der Waals surface area contributed by atoms with E-state index in [-0.39, 0.29) is 11.3 Å². The Morgan fingerprint density at radius 1 is 1.23 bits per heavy atom. The number of carbonyl (C=O) groups excluding carboxylic acids is 2. The third kappa shape index (κ3) is 3.20. The summed E-state index contributed by atoms with van der Waals surface area (Å²) in [7, 11) is 0. The lowest BCUT2D eigenvalue weighted by atomic mass is 9.86. The van der Waals surface area contributed by atoms with Gasteiger partial charge in [0, 0.05) is 11.3 Å². The van der Waals surface area contributed by atoms with E-state index in [4.69, 9.17) is 10.5 Å². The summed E-state index contributed by atoms with van der Waals surface area (Å²) in [6.07, 6.45) is 0.521. The monoisotopic (exact) mass is 374 g/mol. The molecule has 0 aliphatic carbocycles. The van der Waals surface area contributed by atoms with Gasteiger partial charge in [0.1, 0.15) is 10.8 Å². The fourth-order valence-corrected chi connectivity index (χ4v) is 4.76. The topological polar surface area (TPSA) is 102 Å². The number of ether oxygens (including phenoxy) is 1. The number of fused-ring (bicyclic) bond motifs is 1. The normalized spacial score (nSPS) is 17.4. The second-order valence-electron chi connectivity index (χ2n) is 7.50. The maximum absolute atomic E-state index is 12.6. The molecule has 6 nitrogen and oxygen atoms in total. The van der Waals surface area contributed by atoms with Gasteiger partial charge in [-0.15, -0.1) is 11.3 Å². The molecule has 0 bridgehead atoms. The minimum atomic E-state index is -0.607. The van der Waals surface area contributed by atoms with Crippen molar-refractivity contribution in [2.45, 2.75) is 45.3 Å². The highest BCUT2D eigenvalue weighted by Crippen LogP contribution is 2.48. The van der Waals surface area contributed by atoms with Crippen molar-refractivity contribution in [2.24, 2.45) is 5.73 Å². The number of thiophene rings is 1. The summed E-state index contributed by atoms with van der Waals surface area (Å²) in [5.74, 6) is -1.22. The molecular weight excluding hydrogens is 352 g/mol. The second kappa shape index (κ2) is 6.10. The summed E-state index contributed by atoms with van der Waals surface area (Å²) in [4.78, 5) is 25.6. The predicted molar refractivity (Wildman–Crippen MR) is 101 cm³/mol. The molecule has 0 saturated heterocycles. The molecule has 2 heterocycles. The first-order valence-electron chi connectivity index (χ1n) is 8.27. The molecule has 1 aromatic carbocycles. The van der Waals surface area contributed by atoms with Crippen LogP contribution in [0.2, 0.25) is 0 Å². The molecule has 0 unspecified atom stereocenters. The standard InChI is InChI=1S/C19H22N2O4S/c1-18(2)9-11-13(15(20)23)17(26-14(11)19(3,4)25-18)21-16(24)10-7-5-6-8-12(10)22/h5-8,22H,9H2,1-4H3,(H2,20,23)(H,21,24). The van der Waals surface area contributed by atoms with Crippen molar-refractivity contribution in [3.8, 4) is 5.75 Å². The first kappa shape index (κ1) is 18.4. The minimum Gasteiger partial charge on any atom is -0.507 e. The number of anilines is 1. The number of phenols is 1. The van der Waals surface area contributed by atoms with Crippen LogP contribution in [-0.2, 0) is 16.8 Å². The van der Waals surface area contributed by atoms with Crippen molar-refractivity contribution in [3.63, 3.8) is 0 Å². The Morgan fingerprint density at radius 3 is 2.50 bits per heavy atom. The zero-order valence-electron chi connectivity index (χ0n) is 15.2. The SMILES string of the molecule is CC1(C)Cc2c(sc(NC(=O)c3ccccc3O)c2C(N)=O)C(C)(C)O1. The van der Waals surface area contributed by atoms with Crippen molar-refractivity contribution in [3.05, 3.63) is 45.8 Å². The molecule has 2 aromatic rings. The fourth-order valence-electron chi connectivity index (χ4n) is 3.50. The minimum absolute atomic E-state index is 0.128. The second-order valence-corrected chi connectivity index (χ2v) is 8.52. The van der Waals surface area contributed by atoms with Gasteiger partial charge in [0.25, 0.3) is 11.8 Å². The van der Waals surface area contributed by atoms with Gasteiger partial charge in [-0.05, 0) is 45.4 Å². The Hall–Kier alpha value is -2.38. The van der Waals surface area contributed by atoms with Gasteiger partial charge in [-0.2, -0.15) is 0 Å². The number of para-hydroxylation sites is 1.